The normalized spacial score (nSPS) is 13.8. The van der Waals surface area contributed by atoms with Gasteiger partial charge in [-0.3, -0.25) is 0 Å². The molecule has 3 aromatic rings. The lowest BCUT2D eigenvalue weighted by molar-refractivity contribution is 0.123. The Bertz CT molecular complexity index is 911. The van der Waals surface area contributed by atoms with E-state index in [9.17, 15) is 0 Å². The summed E-state index contributed by atoms with van der Waals surface area (Å²) in [6.45, 7) is 3.26. The fraction of sp³-hybridized carbons (Fsp3) is 0.238. The van der Waals surface area contributed by atoms with E-state index in [0.717, 1.165) is 54.9 Å². The van der Waals surface area contributed by atoms with Gasteiger partial charge in [-0.2, -0.15) is 4.98 Å². The number of benzene rings is 2. The summed E-state index contributed by atoms with van der Waals surface area (Å²) in [4.78, 5) is 11.2. The van der Waals surface area contributed by atoms with E-state index in [-0.39, 0.29) is 0 Å². The van der Waals surface area contributed by atoms with Crippen molar-refractivity contribution in [1.82, 2.24) is 9.97 Å². The monoisotopic (exact) mass is 377 g/mol. The standard InChI is InChI=1S/C21H23N5O2/c1-27-17-8-6-16(7-9-17)23-21-22-11-10-20(25-21)24-18-4-2-3-5-19(18)26-12-14-28-15-13-26/h2-11H,12-15H2,1H3,(H2,22,23,24,25). The molecule has 0 bridgehead atoms. The first-order valence-electron chi connectivity index (χ1n) is 9.25. The molecule has 2 aromatic carbocycles. The summed E-state index contributed by atoms with van der Waals surface area (Å²) in [7, 11) is 1.65. The molecule has 1 aliphatic rings. The van der Waals surface area contributed by atoms with Gasteiger partial charge in [-0.25, -0.2) is 4.98 Å². The molecule has 28 heavy (non-hydrogen) atoms. The third kappa shape index (κ3) is 4.32. The molecule has 7 heteroatoms. The van der Waals surface area contributed by atoms with E-state index in [0.29, 0.717) is 5.95 Å². The van der Waals surface area contributed by atoms with E-state index in [1.54, 1.807) is 13.3 Å². The SMILES string of the molecule is COc1ccc(Nc2nccc(Nc3ccccc3N3CCOCC3)n2)cc1. The molecule has 1 aromatic heterocycles. The maximum Gasteiger partial charge on any atom is 0.229 e. The Balaban J connectivity index is 1.50. The molecule has 0 saturated carbocycles. The van der Waals surface area contributed by atoms with Crippen LogP contribution in [0.4, 0.5) is 28.8 Å². The molecule has 1 aliphatic heterocycles. The highest BCUT2D eigenvalue weighted by molar-refractivity contribution is 5.74. The van der Waals surface area contributed by atoms with E-state index >= 15 is 0 Å². The minimum atomic E-state index is 0.527. The van der Waals surface area contributed by atoms with Gasteiger partial charge in [0.05, 0.1) is 31.7 Å². The van der Waals surface area contributed by atoms with Gasteiger partial charge in [0, 0.05) is 25.0 Å². The third-order valence-corrected chi connectivity index (χ3v) is 4.52. The summed E-state index contributed by atoms with van der Waals surface area (Å²) in [5, 5.41) is 6.64. The second-order valence-corrected chi connectivity index (χ2v) is 6.36. The van der Waals surface area contributed by atoms with E-state index < -0.39 is 0 Å². The van der Waals surface area contributed by atoms with Crippen molar-refractivity contribution in [3.63, 3.8) is 0 Å². The van der Waals surface area contributed by atoms with Crippen molar-refractivity contribution in [2.45, 2.75) is 0 Å². The predicted octanol–water partition coefficient (Wildman–Crippen LogP) is 3.81. The van der Waals surface area contributed by atoms with Crippen LogP contribution in [0.2, 0.25) is 0 Å². The number of hydrogen-bond donors (Lipinski definition) is 2. The molecule has 0 radical (unpaired) electrons. The van der Waals surface area contributed by atoms with Crippen molar-refractivity contribution in [2.75, 3.05) is 48.9 Å². The Kier molecular flexibility index (Phi) is 5.53. The van der Waals surface area contributed by atoms with Gasteiger partial charge in [-0.1, -0.05) is 12.1 Å². The van der Waals surface area contributed by atoms with Gasteiger partial charge in [0.25, 0.3) is 0 Å². The average molecular weight is 377 g/mol. The second-order valence-electron chi connectivity index (χ2n) is 6.36. The third-order valence-electron chi connectivity index (χ3n) is 4.52. The molecule has 0 spiro atoms. The number of anilines is 5. The molecule has 1 fully saturated rings. The number of nitrogens with one attached hydrogen (secondary N) is 2. The Labute approximate surface area is 164 Å². The largest absolute Gasteiger partial charge is 0.497 e. The predicted molar refractivity (Wildman–Crippen MR) is 111 cm³/mol. The van der Waals surface area contributed by atoms with Crippen molar-refractivity contribution in [2.24, 2.45) is 0 Å². The van der Waals surface area contributed by atoms with Gasteiger partial charge in [-0.15, -0.1) is 0 Å². The van der Waals surface area contributed by atoms with Crippen molar-refractivity contribution in [1.29, 1.82) is 0 Å². The number of morpholine rings is 1. The molecule has 0 aliphatic carbocycles. The topological polar surface area (TPSA) is 71.5 Å². The highest BCUT2D eigenvalue weighted by atomic mass is 16.5. The number of nitrogens with zero attached hydrogens (tertiary/aromatic N) is 3. The van der Waals surface area contributed by atoms with Crippen LogP contribution in [0, 0.1) is 0 Å². The van der Waals surface area contributed by atoms with Crippen LogP contribution in [0.3, 0.4) is 0 Å². The van der Waals surface area contributed by atoms with E-state index in [2.05, 4.69) is 37.6 Å². The number of aromatic nitrogens is 2. The quantitative estimate of drug-likeness (QED) is 0.677. The smallest absolute Gasteiger partial charge is 0.229 e. The lowest BCUT2D eigenvalue weighted by Crippen LogP contribution is -2.36. The highest BCUT2D eigenvalue weighted by Gasteiger charge is 2.14. The van der Waals surface area contributed by atoms with Crippen LogP contribution >= 0.6 is 0 Å². The van der Waals surface area contributed by atoms with Gasteiger partial charge in [0.2, 0.25) is 5.95 Å². The first-order chi connectivity index (χ1) is 13.8. The number of ether oxygens (including phenoxy) is 2. The van der Waals surface area contributed by atoms with E-state index in [1.165, 1.54) is 0 Å². The number of methoxy groups -OCH3 is 1. The lowest BCUT2D eigenvalue weighted by Gasteiger charge is -2.30. The maximum absolute atomic E-state index is 5.47. The molecular formula is C21H23N5O2. The van der Waals surface area contributed by atoms with Gasteiger partial charge in [0.15, 0.2) is 0 Å². The van der Waals surface area contributed by atoms with E-state index in [1.807, 2.05) is 42.5 Å². The summed E-state index contributed by atoms with van der Waals surface area (Å²) >= 11 is 0. The Hall–Kier alpha value is -3.32. The lowest BCUT2D eigenvalue weighted by atomic mass is 10.2. The first-order valence-corrected chi connectivity index (χ1v) is 9.25. The first kappa shape index (κ1) is 18.1. The molecule has 0 amide bonds. The molecule has 4 rings (SSSR count). The zero-order chi connectivity index (χ0) is 19.2. The molecule has 7 nitrogen and oxygen atoms in total. The highest BCUT2D eigenvalue weighted by Crippen LogP contribution is 2.29. The van der Waals surface area contributed by atoms with Gasteiger partial charge in [-0.05, 0) is 42.5 Å². The van der Waals surface area contributed by atoms with Crippen LogP contribution < -0.4 is 20.3 Å². The summed E-state index contributed by atoms with van der Waals surface area (Å²) in [5.41, 5.74) is 3.05. The molecule has 144 valence electrons. The molecule has 0 atom stereocenters. The Morgan fingerprint density at radius 3 is 2.54 bits per heavy atom. The Morgan fingerprint density at radius 2 is 1.75 bits per heavy atom. The van der Waals surface area contributed by atoms with Gasteiger partial charge in [0.1, 0.15) is 11.6 Å². The van der Waals surface area contributed by atoms with Crippen LogP contribution in [0.5, 0.6) is 5.75 Å². The van der Waals surface area contributed by atoms with Gasteiger partial charge >= 0.3 is 0 Å². The summed E-state index contributed by atoms with van der Waals surface area (Å²) in [6, 6.07) is 17.7. The van der Waals surface area contributed by atoms with Crippen LogP contribution in [-0.4, -0.2) is 43.4 Å². The molecule has 1 saturated heterocycles. The van der Waals surface area contributed by atoms with Gasteiger partial charge < -0.3 is 25.0 Å². The zero-order valence-corrected chi connectivity index (χ0v) is 15.8. The van der Waals surface area contributed by atoms with E-state index in [4.69, 9.17) is 9.47 Å². The number of hydrogen-bond acceptors (Lipinski definition) is 7. The summed E-state index contributed by atoms with van der Waals surface area (Å²) < 4.78 is 10.7. The Morgan fingerprint density at radius 1 is 0.964 bits per heavy atom. The molecular weight excluding hydrogens is 354 g/mol. The number of rotatable bonds is 6. The summed E-state index contributed by atoms with van der Waals surface area (Å²) in [5.74, 6) is 2.06. The maximum atomic E-state index is 5.47. The fourth-order valence-corrected chi connectivity index (χ4v) is 3.09. The van der Waals surface area contributed by atoms with Crippen LogP contribution in [0.15, 0.2) is 60.8 Å². The second kappa shape index (κ2) is 8.58. The zero-order valence-electron chi connectivity index (χ0n) is 15.8. The molecule has 2 N–H and O–H groups in total. The molecule has 2 heterocycles. The molecule has 0 unspecified atom stereocenters. The van der Waals surface area contributed by atoms with Crippen molar-refractivity contribution in [3.8, 4) is 5.75 Å². The van der Waals surface area contributed by atoms with Crippen LogP contribution in [0.1, 0.15) is 0 Å². The van der Waals surface area contributed by atoms with Crippen molar-refractivity contribution >= 4 is 28.8 Å². The van der Waals surface area contributed by atoms with Crippen LogP contribution in [-0.2, 0) is 4.74 Å². The minimum Gasteiger partial charge on any atom is -0.497 e. The van der Waals surface area contributed by atoms with Crippen molar-refractivity contribution in [3.05, 3.63) is 60.8 Å². The fourth-order valence-electron chi connectivity index (χ4n) is 3.09. The van der Waals surface area contributed by atoms with Crippen molar-refractivity contribution < 1.29 is 9.47 Å². The average Bonchev–Trinajstić information content (AvgIpc) is 2.76. The number of para-hydroxylation sites is 2. The van der Waals surface area contributed by atoms with Crippen LogP contribution in [0.25, 0.3) is 0 Å². The minimum absolute atomic E-state index is 0.527. The summed E-state index contributed by atoms with van der Waals surface area (Å²) in [6.07, 6.45) is 1.73.